The highest BCUT2D eigenvalue weighted by atomic mass is 35.5. The Bertz CT molecular complexity index is 1180. The molecule has 2 aliphatic rings. The van der Waals surface area contributed by atoms with Crippen LogP contribution in [0.25, 0.3) is 10.2 Å². The van der Waals surface area contributed by atoms with Crippen LogP contribution in [0.15, 0.2) is 28.2 Å². The summed E-state index contributed by atoms with van der Waals surface area (Å²) in [6, 6.07) is 5.96. The number of likely N-dealkylation sites (N-methyl/N-ethyl adjacent to an activating group) is 1. The van der Waals surface area contributed by atoms with Crippen LogP contribution in [0.1, 0.15) is 54.1 Å². The topological polar surface area (TPSA) is 38.1 Å². The molecule has 0 spiro atoms. The van der Waals surface area contributed by atoms with Gasteiger partial charge >= 0.3 is 0 Å². The monoisotopic (exact) mass is 493 g/mol. The molecule has 1 aliphatic carbocycles. The number of aromatic nitrogens is 2. The molecule has 4 nitrogen and oxygen atoms in total. The number of fused-ring (bicyclic) bond motifs is 3. The number of halogens is 2. The molecule has 2 aromatic heterocycles. The highest BCUT2D eigenvalue weighted by molar-refractivity contribution is 7.98. The second-order valence-electron chi connectivity index (χ2n) is 8.57. The van der Waals surface area contributed by atoms with E-state index in [0.717, 1.165) is 53.3 Å². The Labute approximate surface area is 200 Å². The number of hydrogen-bond donors (Lipinski definition) is 0. The van der Waals surface area contributed by atoms with E-state index in [9.17, 15) is 4.79 Å². The maximum absolute atomic E-state index is 13.8. The molecule has 3 aromatic rings. The molecule has 0 atom stereocenters. The van der Waals surface area contributed by atoms with Crippen molar-refractivity contribution in [3.8, 4) is 0 Å². The average molecular weight is 495 g/mol. The van der Waals surface area contributed by atoms with Crippen LogP contribution < -0.4 is 5.56 Å². The first kappa shape index (κ1) is 21.8. The van der Waals surface area contributed by atoms with E-state index in [2.05, 4.69) is 11.9 Å². The minimum atomic E-state index is 0.163. The van der Waals surface area contributed by atoms with Crippen molar-refractivity contribution in [2.45, 2.75) is 62.0 Å². The molecular weight excluding hydrogens is 469 g/mol. The number of hydrogen-bond acceptors (Lipinski definition) is 5. The molecule has 31 heavy (non-hydrogen) atoms. The Balaban J connectivity index is 1.58. The molecule has 0 radical (unpaired) electrons. The van der Waals surface area contributed by atoms with Gasteiger partial charge in [-0.15, -0.1) is 11.3 Å². The molecule has 0 N–H and O–H groups in total. The van der Waals surface area contributed by atoms with Gasteiger partial charge in [-0.1, -0.05) is 60.3 Å². The standard InChI is InChI=1S/C23H25Cl2N3OS2/c1-27-10-9-16-19(12-27)31-21-20(16)22(29)28(15-5-3-2-4-6-15)23(26-21)30-13-14-7-8-17(24)18(25)11-14/h7-8,11,15H,2-6,9-10,12-13H2,1H3. The van der Waals surface area contributed by atoms with Gasteiger partial charge in [0, 0.05) is 29.8 Å². The third-order valence-corrected chi connectivity index (χ3v) is 9.23. The molecule has 5 rings (SSSR count). The summed E-state index contributed by atoms with van der Waals surface area (Å²) in [5.74, 6) is 0.704. The lowest BCUT2D eigenvalue weighted by atomic mass is 9.95. The molecular formula is C23H25Cl2N3OS2. The highest BCUT2D eigenvalue weighted by Crippen LogP contribution is 2.37. The van der Waals surface area contributed by atoms with Crippen LogP contribution in [-0.4, -0.2) is 28.0 Å². The summed E-state index contributed by atoms with van der Waals surface area (Å²) in [4.78, 5) is 23.4. The smallest absolute Gasteiger partial charge is 0.263 e. The van der Waals surface area contributed by atoms with E-state index in [1.165, 1.54) is 29.7 Å². The zero-order chi connectivity index (χ0) is 21.5. The number of thioether (sulfide) groups is 1. The number of rotatable bonds is 4. The van der Waals surface area contributed by atoms with E-state index in [1.807, 2.05) is 22.8 Å². The zero-order valence-corrected chi connectivity index (χ0v) is 20.6. The summed E-state index contributed by atoms with van der Waals surface area (Å²) >= 11 is 15.6. The Morgan fingerprint density at radius 1 is 1.19 bits per heavy atom. The molecule has 0 bridgehead atoms. The van der Waals surface area contributed by atoms with E-state index in [4.69, 9.17) is 28.2 Å². The van der Waals surface area contributed by atoms with Crippen LogP contribution in [-0.2, 0) is 18.7 Å². The van der Waals surface area contributed by atoms with Gasteiger partial charge in [-0.3, -0.25) is 9.36 Å². The normalized spacial score (nSPS) is 17.9. The van der Waals surface area contributed by atoms with Gasteiger partial charge in [0.05, 0.1) is 15.4 Å². The second-order valence-corrected chi connectivity index (χ2v) is 11.4. The third-order valence-electron chi connectivity index (χ3n) is 6.36. The van der Waals surface area contributed by atoms with E-state index in [-0.39, 0.29) is 11.6 Å². The van der Waals surface area contributed by atoms with Gasteiger partial charge in [-0.05, 0) is 49.6 Å². The van der Waals surface area contributed by atoms with Crippen molar-refractivity contribution in [3.05, 3.63) is 54.6 Å². The van der Waals surface area contributed by atoms with Gasteiger partial charge in [0.15, 0.2) is 5.16 Å². The molecule has 1 fully saturated rings. The quantitative estimate of drug-likeness (QED) is 0.305. The van der Waals surface area contributed by atoms with E-state index >= 15 is 0 Å². The van der Waals surface area contributed by atoms with Crippen molar-refractivity contribution in [2.24, 2.45) is 0 Å². The lowest BCUT2D eigenvalue weighted by molar-refractivity contribution is 0.317. The lowest BCUT2D eigenvalue weighted by Crippen LogP contribution is -2.30. The van der Waals surface area contributed by atoms with E-state index in [1.54, 1.807) is 23.1 Å². The summed E-state index contributed by atoms with van der Waals surface area (Å²) in [5, 5.41) is 2.83. The van der Waals surface area contributed by atoms with Crippen LogP contribution in [0.5, 0.6) is 0 Å². The van der Waals surface area contributed by atoms with Crippen molar-refractivity contribution >= 4 is 56.5 Å². The zero-order valence-electron chi connectivity index (χ0n) is 17.5. The molecule has 3 heterocycles. The van der Waals surface area contributed by atoms with Gasteiger partial charge in [-0.25, -0.2) is 4.98 Å². The molecule has 1 aliphatic heterocycles. The summed E-state index contributed by atoms with van der Waals surface area (Å²) in [5.41, 5.74) is 2.48. The Morgan fingerprint density at radius 2 is 2.00 bits per heavy atom. The minimum absolute atomic E-state index is 0.163. The van der Waals surface area contributed by atoms with Crippen LogP contribution >= 0.6 is 46.3 Å². The first-order valence-corrected chi connectivity index (χ1v) is 13.4. The van der Waals surface area contributed by atoms with Crippen LogP contribution in [0, 0.1) is 0 Å². The number of benzene rings is 1. The Kier molecular flexibility index (Phi) is 6.37. The number of thiophene rings is 1. The Morgan fingerprint density at radius 3 is 2.77 bits per heavy atom. The van der Waals surface area contributed by atoms with Gasteiger partial charge in [0.1, 0.15) is 4.83 Å². The fraction of sp³-hybridized carbons (Fsp3) is 0.478. The first-order chi connectivity index (χ1) is 15.0. The fourth-order valence-corrected chi connectivity index (χ4v) is 7.38. The Hall–Kier alpha value is -1.05. The largest absolute Gasteiger partial charge is 0.301 e. The predicted octanol–water partition coefficient (Wildman–Crippen LogP) is 6.55. The molecule has 0 saturated heterocycles. The van der Waals surface area contributed by atoms with E-state index < -0.39 is 0 Å². The van der Waals surface area contributed by atoms with Crippen molar-refractivity contribution < 1.29 is 0 Å². The van der Waals surface area contributed by atoms with Crippen LogP contribution in [0.2, 0.25) is 10.0 Å². The average Bonchev–Trinajstić information content (AvgIpc) is 3.12. The van der Waals surface area contributed by atoms with Crippen molar-refractivity contribution in [1.29, 1.82) is 0 Å². The second kappa shape index (κ2) is 9.06. The molecule has 0 unspecified atom stereocenters. The minimum Gasteiger partial charge on any atom is -0.301 e. The molecule has 1 aromatic carbocycles. The summed E-state index contributed by atoms with van der Waals surface area (Å²) < 4.78 is 2.02. The molecule has 164 valence electrons. The SMILES string of the molecule is CN1CCc2c(sc3nc(SCc4ccc(Cl)c(Cl)c4)n(C4CCCCC4)c(=O)c23)C1. The molecule has 0 amide bonds. The van der Waals surface area contributed by atoms with E-state index in [0.29, 0.717) is 15.8 Å². The molecule has 1 saturated carbocycles. The summed E-state index contributed by atoms with van der Waals surface area (Å²) in [6.07, 6.45) is 6.66. The van der Waals surface area contributed by atoms with Gasteiger partial charge in [0.2, 0.25) is 0 Å². The first-order valence-electron chi connectivity index (χ1n) is 10.8. The predicted molar refractivity (Wildman–Crippen MR) is 132 cm³/mol. The van der Waals surface area contributed by atoms with Crippen molar-refractivity contribution in [3.63, 3.8) is 0 Å². The summed E-state index contributed by atoms with van der Waals surface area (Å²) in [6.45, 7) is 1.90. The maximum atomic E-state index is 13.8. The summed E-state index contributed by atoms with van der Waals surface area (Å²) in [7, 11) is 2.14. The fourth-order valence-electron chi connectivity index (χ4n) is 4.70. The highest BCUT2D eigenvalue weighted by Gasteiger charge is 2.27. The van der Waals surface area contributed by atoms with Crippen molar-refractivity contribution in [1.82, 2.24) is 14.5 Å². The lowest BCUT2D eigenvalue weighted by Gasteiger charge is -2.26. The third kappa shape index (κ3) is 4.30. The molecule has 8 heteroatoms. The van der Waals surface area contributed by atoms with Crippen LogP contribution in [0.3, 0.4) is 0 Å². The van der Waals surface area contributed by atoms with Crippen molar-refractivity contribution in [2.75, 3.05) is 13.6 Å². The van der Waals surface area contributed by atoms with Gasteiger partial charge in [-0.2, -0.15) is 0 Å². The van der Waals surface area contributed by atoms with Gasteiger partial charge in [0.25, 0.3) is 5.56 Å². The van der Waals surface area contributed by atoms with Crippen LogP contribution in [0.4, 0.5) is 0 Å². The number of nitrogens with zero attached hydrogens (tertiary/aromatic N) is 3. The van der Waals surface area contributed by atoms with Gasteiger partial charge < -0.3 is 4.90 Å². The maximum Gasteiger partial charge on any atom is 0.263 e.